The third-order valence-electron chi connectivity index (χ3n) is 3.84. The molecule has 3 unspecified atom stereocenters. The van der Waals surface area contributed by atoms with Crippen LogP contribution in [0.4, 0.5) is 0 Å². The van der Waals surface area contributed by atoms with Gasteiger partial charge in [0.15, 0.2) is 0 Å². The van der Waals surface area contributed by atoms with Crippen molar-refractivity contribution in [1.29, 1.82) is 0 Å². The van der Waals surface area contributed by atoms with Crippen LogP contribution in [0.5, 0.6) is 0 Å². The predicted octanol–water partition coefficient (Wildman–Crippen LogP) is 0.300. The van der Waals surface area contributed by atoms with Crippen LogP contribution in [0, 0.1) is 11.8 Å². The zero-order valence-corrected chi connectivity index (χ0v) is 15.4. The molecular weight excluding hydrogens is 340 g/mol. The van der Waals surface area contributed by atoms with Gasteiger partial charge in [0, 0.05) is 17.6 Å². The Morgan fingerprint density at radius 3 is 2.28 bits per heavy atom. The normalized spacial score (nSPS) is 14.6. The first-order valence-corrected chi connectivity index (χ1v) is 8.73. The molecule has 0 radical (unpaired) electrons. The van der Waals surface area contributed by atoms with Crippen molar-refractivity contribution in [2.24, 2.45) is 17.6 Å². The molecule has 0 aromatic heterocycles. The van der Waals surface area contributed by atoms with Gasteiger partial charge in [0.25, 0.3) is 0 Å². The molecule has 3 N–H and O–H groups in total. The summed E-state index contributed by atoms with van der Waals surface area (Å²) in [5.41, 5.74) is 6.28. The second-order valence-corrected chi connectivity index (χ2v) is 7.20. The van der Waals surface area contributed by atoms with Crippen LogP contribution >= 0.6 is 12.6 Å². The van der Waals surface area contributed by atoms with Gasteiger partial charge in [-0.2, -0.15) is 12.6 Å². The molecule has 2 amide bonds. The number of hydrogen-bond acceptors (Lipinski definition) is 5. The highest BCUT2D eigenvalue weighted by molar-refractivity contribution is 7.81. The van der Waals surface area contributed by atoms with Gasteiger partial charge in [-0.15, -0.1) is 0 Å². The quantitative estimate of drug-likeness (QED) is 0.518. The fourth-order valence-corrected chi connectivity index (χ4v) is 3.02. The number of carboxylic acids is 1. The molecule has 1 aromatic rings. The summed E-state index contributed by atoms with van der Waals surface area (Å²) in [6.07, 6.45) is 0.381. The molecule has 0 bridgehead atoms. The van der Waals surface area contributed by atoms with Crippen LogP contribution in [0.2, 0.25) is 0 Å². The Morgan fingerprint density at radius 1 is 1.20 bits per heavy atom. The number of carbonyl (C=O) groups is 3. The van der Waals surface area contributed by atoms with Crippen LogP contribution in [0.25, 0.3) is 0 Å². The highest BCUT2D eigenvalue weighted by atomic mass is 32.1. The number of primary amides is 1. The maximum Gasteiger partial charge on any atom is 0.240 e. The molecule has 25 heavy (non-hydrogen) atoms. The van der Waals surface area contributed by atoms with Crippen molar-refractivity contribution >= 4 is 30.4 Å². The number of carboxylic acid groups (broad SMARTS) is 1. The Labute approximate surface area is 153 Å². The lowest BCUT2D eigenvalue weighted by Crippen LogP contribution is -2.49. The summed E-state index contributed by atoms with van der Waals surface area (Å²) >= 11 is 4.25. The standard InChI is InChI=1S/C18H26N2O4S/c1-11(2)8-13(15(25)10-16(21)22)18(24)20-14(17(19)23)9-12-6-4-3-5-7-12/h3-7,11,13-15,25H,8-10H2,1-2H3,(H2,19,23)(H,20,24)(H,21,22)/p-1. The van der Waals surface area contributed by atoms with Gasteiger partial charge in [0.1, 0.15) is 6.04 Å². The Morgan fingerprint density at radius 2 is 1.80 bits per heavy atom. The highest BCUT2D eigenvalue weighted by Gasteiger charge is 2.29. The minimum Gasteiger partial charge on any atom is -0.550 e. The number of benzene rings is 1. The molecule has 0 aliphatic rings. The molecule has 1 aromatic carbocycles. The summed E-state index contributed by atoms with van der Waals surface area (Å²) < 4.78 is 0. The van der Waals surface area contributed by atoms with Crippen molar-refractivity contribution in [3.05, 3.63) is 35.9 Å². The average molecular weight is 365 g/mol. The van der Waals surface area contributed by atoms with Crippen molar-refractivity contribution in [3.63, 3.8) is 0 Å². The second kappa shape index (κ2) is 10.1. The number of amides is 2. The Hall–Kier alpha value is -2.02. The average Bonchev–Trinajstić information content (AvgIpc) is 2.51. The van der Waals surface area contributed by atoms with E-state index in [0.717, 1.165) is 5.56 Å². The zero-order valence-electron chi connectivity index (χ0n) is 14.5. The van der Waals surface area contributed by atoms with E-state index >= 15 is 0 Å². The first-order chi connectivity index (χ1) is 11.7. The van der Waals surface area contributed by atoms with Crippen molar-refractivity contribution in [2.45, 2.75) is 44.4 Å². The first kappa shape index (κ1) is 21.0. The van der Waals surface area contributed by atoms with Crippen LogP contribution in [0.1, 0.15) is 32.3 Å². The van der Waals surface area contributed by atoms with Crippen molar-refractivity contribution in [2.75, 3.05) is 0 Å². The summed E-state index contributed by atoms with van der Waals surface area (Å²) in [5, 5.41) is 12.8. The number of aliphatic carboxylic acids is 1. The lowest BCUT2D eigenvalue weighted by Gasteiger charge is -2.26. The number of rotatable bonds is 10. The molecule has 6 nitrogen and oxygen atoms in total. The van der Waals surface area contributed by atoms with E-state index in [-0.39, 0.29) is 18.8 Å². The molecular formula is C18H25N2O4S-. The van der Waals surface area contributed by atoms with E-state index in [1.165, 1.54) is 0 Å². The van der Waals surface area contributed by atoms with Crippen molar-refractivity contribution in [3.8, 4) is 0 Å². The number of carbonyl (C=O) groups excluding carboxylic acids is 3. The molecule has 0 aliphatic heterocycles. The largest absolute Gasteiger partial charge is 0.550 e. The summed E-state index contributed by atoms with van der Waals surface area (Å²) in [4.78, 5) is 35.2. The number of nitrogens with two attached hydrogens (primary N) is 1. The van der Waals surface area contributed by atoms with E-state index in [0.29, 0.717) is 6.42 Å². The third kappa shape index (κ3) is 7.60. The molecule has 0 saturated heterocycles. The van der Waals surface area contributed by atoms with E-state index in [2.05, 4.69) is 17.9 Å². The minimum atomic E-state index is -1.27. The topological polar surface area (TPSA) is 112 Å². The molecule has 138 valence electrons. The highest BCUT2D eigenvalue weighted by Crippen LogP contribution is 2.22. The van der Waals surface area contributed by atoms with Gasteiger partial charge in [-0.05, 0) is 24.3 Å². The summed E-state index contributed by atoms with van der Waals surface area (Å²) in [6.45, 7) is 3.85. The van der Waals surface area contributed by atoms with Crippen LogP contribution in [-0.4, -0.2) is 29.1 Å². The fourth-order valence-electron chi connectivity index (χ4n) is 2.61. The van der Waals surface area contributed by atoms with Crippen LogP contribution in [-0.2, 0) is 20.8 Å². The number of nitrogens with one attached hydrogen (secondary N) is 1. The fraction of sp³-hybridized carbons (Fsp3) is 0.500. The van der Waals surface area contributed by atoms with Gasteiger partial charge in [-0.1, -0.05) is 44.2 Å². The second-order valence-electron chi connectivity index (χ2n) is 6.53. The number of thiol groups is 1. The maximum atomic E-state index is 12.6. The van der Waals surface area contributed by atoms with Gasteiger partial charge in [-0.25, -0.2) is 0 Å². The van der Waals surface area contributed by atoms with Crippen LogP contribution < -0.4 is 16.2 Å². The molecule has 0 heterocycles. The number of hydrogen-bond donors (Lipinski definition) is 3. The maximum absolute atomic E-state index is 12.6. The van der Waals surface area contributed by atoms with Crippen molar-refractivity contribution in [1.82, 2.24) is 5.32 Å². The van der Waals surface area contributed by atoms with Crippen molar-refractivity contribution < 1.29 is 19.5 Å². The molecule has 7 heteroatoms. The summed E-state index contributed by atoms with van der Waals surface area (Å²) in [5.74, 6) is -2.82. The predicted molar refractivity (Wildman–Crippen MR) is 96.6 cm³/mol. The third-order valence-corrected chi connectivity index (χ3v) is 4.39. The minimum absolute atomic E-state index is 0.160. The van der Waals surface area contributed by atoms with E-state index in [1.807, 2.05) is 44.2 Å². The van der Waals surface area contributed by atoms with E-state index in [9.17, 15) is 19.5 Å². The van der Waals surface area contributed by atoms with E-state index in [1.54, 1.807) is 0 Å². The summed E-state index contributed by atoms with van der Waals surface area (Å²) in [6, 6.07) is 8.33. The molecule has 0 saturated carbocycles. The van der Waals surface area contributed by atoms with Gasteiger partial charge in [0.05, 0.1) is 5.92 Å². The lowest BCUT2D eigenvalue weighted by atomic mass is 9.91. The monoisotopic (exact) mass is 365 g/mol. The van der Waals surface area contributed by atoms with Crippen LogP contribution in [0.3, 0.4) is 0 Å². The molecule has 0 fully saturated rings. The molecule has 1 rings (SSSR count). The van der Waals surface area contributed by atoms with Gasteiger partial charge >= 0.3 is 0 Å². The van der Waals surface area contributed by atoms with Crippen LogP contribution in [0.15, 0.2) is 30.3 Å². The molecule has 0 aliphatic carbocycles. The van der Waals surface area contributed by atoms with Gasteiger partial charge < -0.3 is 21.0 Å². The first-order valence-electron chi connectivity index (χ1n) is 8.22. The van der Waals surface area contributed by atoms with Gasteiger partial charge in [-0.3, -0.25) is 9.59 Å². The van der Waals surface area contributed by atoms with E-state index in [4.69, 9.17) is 5.73 Å². The smallest absolute Gasteiger partial charge is 0.240 e. The lowest BCUT2D eigenvalue weighted by molar-refractivity contribution is -0.305. The molecule has 0 spiro atoms. The SMILES string of the molecule is CC(C)CC(C(=O)NC(Cc1ccccc1)C(N)=O)C(S)CC(=O)[O-]. The molecule has 3 atom stereocenters. The zero-order chi connectivity index (χ0) is 19.0. The Balaban J connectivity index is 2.86. The van der Waals surface area contributed by atoms with Gasteiger partial charge in [0.2, 0.25) is 11.8 Å². The summed E-state index contributed by atoms with van der Waals surface area (Å²) in [7, 11) is 0. The Kier molecular flexibility index (Phi) is 8.48. The van der Waals surface area contributed by atoms with E-state index < -0.39 is 35.0 Å². The Bertz CT molecular complexity index is 592.